The normalized spacial score (nSPS) is 20.4. The average Bonchev–Trinajstić information content (AvgIpc) is 2.30. The highest BCUT2D eigenvalue weighted by Crippen LogP contribution is 2.24. The highest BCUT2D eigenvalue weighted by molar-refractivity contribution is 5.69. The quantitative estimate of drug-likeness (QED) is 0.613. The van der Waals surface area contributed by atoms with Crippen molar-refractivity contribution in [1.82, 2.24) is 5.32 Å². The van der Waals surface area contributed by atoms with Crippen LogP contribution in [0.25, 0.3) is 0 Å². The van der Waals surface area contributed by atoms with Gasteiger partial charge in [-0.1, -0.05) is 18.6 Å². The first-order chi connectivity index (χ1) is 7.75. The molecule has 0 bridgehead atoms. The van der Waals surface area contributed by atoms with Gasteiger partial charge >= 0.3 is 5.97 Å². The van der Waals surface area contributed by atoms with E-state index in [1.165, 1.54) is 31.7 Å². The Kier molecular flexibility index (Phi) is 3.57. The summed E-state index contributed by atoms with van der Waals surface area (Å²) in [7, 11) is 0. The molecule has 16 heavy (non-hydrogen) atoms. The van der Waals surface area contributed by atoms with Crippen molar-refractivity contribution in [3.8, 4) is 5.75 Å². The topological polar surface area (TPSA) is 38.3 Å². The first-order valence-electron chi connectivity index (χ1n) is 5.77. The molecule has 0 amide bonds. The van der Waals surface area contributed by atoms with Gasteiger partial charge in [0.25, 0.3) is 0 Å². The summed E-state index contributed by atoms with van der Waals surface area (Å²) >= 11 is 0. The van der Waals surface area contributed by atoms with Crippen molar-refractivity contribution in [3.05, 3.63) is 29.8 Å². The largest absolute Gasteiger partial charge is 0.427 e. The van der Waals surface area contributed by atoms with Gasteiger partial charge in [-0.25, -0.2) is 0 Å². The molecule has 1 N–H and O–H groups in total. The van der Waals surface area contributed by atoms with Crippen molar-refractivity contribution < 1.29 is 9.53 Å². The zero-order chi connectivity index (χ0) is 11.4. The molecule has 86 valence electrons. The molecule has 0 saturated carbocycles. The van der Waals surface area contributed by atoms with Crippen LogP contribution in [0.1, 0.15) is 37.8 Å². The minimum absolute atomic E-state index is 0.274. The van der Waals surface area contributed by atoms with Crippen LogP contribution in [-0.4, -0.2) is 12.5 Å². The lowest BCUT2D eigenvalue weighted by molar-refractivity contribution is -0.131. The molecule has 1 aliphatic heterocycles. The third-order valence-electron chi connectivity index (χ3n) is 2.85. The molecule has 2 rings (SSSR count). The summed E-state index contributed by atoms with van der Waals surface area (Å²) in [5.41, 5.74) is 1.27. The van der Waals surface area contributed by atoms with Gasteiger partial charge in [0.15, 0.2) is 0 Å². The summed E-state index contributed by atoms with van der Waals surface area (Å²) in [5.74, 6) is 0.343. The third-order valence-corrected chi connectivity index (χ3v) is 2.85. The molecule has 1 heterocycles. The molecule has 0 radical (unpaired) electrons. The van der Waals surface area contributed by atoms with Gasteiger partial charge in [-0.15, -0.1) is 0 Å². The van der Waals surface area contributed by atoms with Crippen LogP contribution >= 0.6 is 0 Å². The van der Waals surface area contributed by atoms with E-state index in [2.05, 4.69) is 5.32 Å². The van der Waals surface area contributed by atoms with E-state index in [9.17, 15) is 4.79 Å². The van der Waals surface area contributed by atoms with Gasteiger partial charge in [0.1, 0.15) is 5.75 Å². The zero-order valence-electron chi connectivity index (χ0n) is 9.53. The average molecular weight is 219 g/mol. The summed E-state index contributed by atoms with van der Waals surface area (Å²) in [6.45, 7) is 2.51. The van der Waals surface area contributed by atoms with Crippen LogP contribution in [0.15, 0.2) is 24.3 Å². The van der Waals surface area contributed by atoms with Gasteiger partial charge in [-0.2, -0.15) is 0 Å². The van der Waals surface area contributed by atoms with Crippen molar-refractivity contribution in [2.45, 2.75) is 32.2 Å². The molecule has 3 heteroatoms. The fraction of sp³-hybridized carbons (Fsp3) is 0.462. The van der Waals surface area contributed by atoms with Crippen molar-refractivity contribution in [3.63, 3.8) is 0 Å². The number of nitrogens with one attached hydrogen (secondary N) is 1. The molecule has 1 aromatic rings. The molecule has 1 atom stereocenters. The number of ether oxygens (including phenoxy) is 1. The summed E-state index contributed by atoms with van der Waals surface area (Å²) in [5, 5.41) is 3.49. The van der Waals surface area contributed by atoms with Crippen molar-refractivity contribution >= 4 is 5.97 Å². The van der Waals surface area contributed by atoms with E-state index in [0.29, 0.717) is 11.8 Å². The van der Waals surface area contributed by atoms with Gasteiger partial charge in [0.2, 0.25) is 0 Å². The second kappa shape index (κ2) is 5.12. The maximum atomic E-state index is 10.8. The standard InChI is InChI=1S/C13H17NO2/c1-10(15)16-12-7-5-11(6-8-12)13-4-2-3-9-14-13/h5-8,13-14H,2-4,9H2,1H3. The SMILES string of the molecule is CC(=O)Oc1ccc(C2CCCCN2)cc1. The second-order valence-corrected chi connectivity index (χ2v) is 4.17. The van der Waals surface area contributed by atoms with E-state index in [1.807, 2.05) is 24.3 Å². The molecule has 1 saturated heterocycles. The Labute approximate surface area is 95.8 Å². The smallest absolute Gasteiger partial charge is 0.308 e. The lowest BCUT2D eigenvalue weighted by Gasteiger charge is -2.23. The Bertz CT molecular complexity index is 353. The van der Waals surface area contributed by atoms with Crippen LogP contribution in [0.5, 0.6) is 5.75 Å². The summed E-state index contributed by atoms with van der Waals surface area (Å²) in [4.78, 5) is 10.8. The van der Waals surface area contributed by atoms with Crippen LogP contribution in [0, 0.1) is 0 Å². The Hall–Kier alpha value is -1.35. The van der Waals surface area contributed by atoms with E-state index < -0.39 is 0 Å². The summed E-state index contributed by atoms with van der Waals surface area (Å²) < 4.78 is 5.00. The van der Waals surface area contributed by atoms with Gasteiger partial charge in [0.05, 0.1) is 0 Å². The van der Waals surface area contributed by atoms with Gasteiger partial charge in [0, 0.05) is 13.0 Å². The number of carbonyl (C=O) groups excluding carboxylic acids is 1. The minimum Gasteiger partial charge on any atom is -0.427 e. The zero-order valence-corrected chi connectivity index (χ0v) is 9.53. The number of carbonyl (C=O) groups is 1. The van der Waals surface area contributed by atoms with Crippen molar-refractivity contribution in [2.24, 2.45) is 0 Å². The molecule has 1 aromatic carbocycles. The van der Waals surface area contributed by atoms with Gasteiger partial charge in [-0.05, 0) is 37.1 Å². The predicted octanol–water partition coefficient (Wildman–Crippen LogP) is 2.43. The molecule has 1 unspecified atom stereocenters. The van der Waals surface area contributed by atoms with E-state index in [0.717, 1.165) is 6.54 Å². The Morgan fingerprint density at radius 2 is 2.06 bits per heavy atom. The van der Waals surface area contributed by atoms with Crippen LogP contribution < -0.4 is 10.1 Å². The number of esters is 1. The van der Waals surface area contributed by atoms with Crippen molar-refractivity contribution in [1.29, 1.82) is 0 Å². The number of rotatable bonds is 2. The summed E-state index contributed by atoms with van der Waals surface area (Å²) in [6.07, 6.45) is 3.73. The fourth-order valence-electron chi connectivity index (χ4n) is 2.07. The molecule has 0 aromatic heterocycles. The number of hydrogen-bond acceptors (Lipinski definition) is 3. The minimum atomic E-state index is -0.274. The van der Waals surface area contributed by atoms with E-state index in [4.69, 9.17) is 4.74 Å². The first kappa shape index (κ1) is 11.1. The predicted molar refractivity (Wildman–Crippen MR) is 62.3 cm³/mol. The lowest BCUT2D eigenvalue weighted by Crippen LogP contribution is -2.26. The third kappa shape index (κ3) is 2.83. The van der Waals surface area contributed by atoms with Gasteiger partial charge < -0.3 is 10.1 Å². The van der Waals surface area contributed by atoms with Crippen molar-refractivity contribution in [2.75, 3.05) is 6.54 Å². The molecule has 0 spiro atoms. The molecular formula is C13H17NO2. The van der Waals surface area contributed by atoms with Crippen LogP contribution in [0.4, 0.5) is 0 Å². The Balaban J connectivity index is 2.03. The maximum Gasteiger partial charge on any atom is 0.308 e. The molecule has 3 nitrogen and oxygen atoms in total. The van der Waals surface area contributed by atoms with Crippen LogP contribution in [0.3, 0.4) is 0 Å². The molecular weight excluding hydrogens is 202 g/mol. The number of benzene rings is 1. The molecule has 0 aliphatic carbocycles. The Morgan fingerprint density at radius 3 is 2.62 bits per heavy atom. The van der Waals surface area contributed by atoms with E-state index in [1.54, 1.807) is 0 Å². The second-order valence-electron chi connectivity index (χ2n) is 4.17. The maximum absolute atomic E-state index is 10.8. The molecule has 1 fully saturated rings. The van der Waals surface area contributed by atoms with Gasteiger partial charge in [-0.3, -0.25) is 4.79 Å². The summed E-state index contributed by atoms with van der Waals surface area (Å²) in [6, 6.07) is 8.22. The van der Waals surface area contributed by atoms with E-state index >= 15 is 0 Å². The number of hydrogen-bond donors (Lipinski definition) is 1. The monoisotopic (exact) mass is 219 g/mol. The fourth-order valence-corrected chi connectivity index (χ4v) is 2.07. The number of piperidine rings is 1. The van der Waals surface area contributed by atoms with Crippen LogP contribution in [0.2, 0.25) is 0 Å². The lowest BCUT2D eigenvalue weighted by atomic mass is 9.98. The Morgan fingerprint density at radius 1 is 1.31 bits per heavy atom. The highest BCUT2D eigenvalue weighted by Gasteiger charge is 2.14. The highest BCUT2D eigenvalue weighted by atomic mass is 16.5. The first-order valence-corrected chi connectivity index (χ1v) is 5.77. The van der Waals surface area contributed by atoms with Crippen LogP contribution in [-0.2, 0) is 4.79 Å². The van der Waals surface area contributed by atoms with E-state index in [-0.39, 0.29) is 5.97 Å². The molecule has 1 aliphatic rings.